The number of ketones is 1. The predicted molar refractivity (Wildman–Crippen MR) is 82.4 cm³/mol. The second kappa shape index (κ2) is 5.41. The summed E-state index contributed by atoms with van der Waals surface area (Å²) in [6, 6.07) is 15.8. The van der Waals surface area contributed by atoms with E-state index in [9.17, 15) is 4.79 Å². The zero-order valence-electron chi connectivity index (χ0n) is 12.0. The molecular formula is C18H16N2O. The first kappa shape index (κ1) is 13.4. The van der Waals surface area contributed by atoms with Crippen LogP contribution >= 0.6 is 0 Å². The van der Waals surface area contributed by atoms with E-state index in [0.29, 0.717) is 5.56 Å². The number of hydrogen-bond donors (Lipinski definition) is 0. The number of nitriles is 1. The smallest absolute Gasteiger partial charge is 0.159 e. The third-order valence-corrected chi connectivity index (χ3v) is 3.93. The number of carbonyl (C=O) groups excluding carboxylic acids is 1. The molecule has 0 amide bonds. The van der Waals surface area contributed by atoms with Gasteiger partial charge in [-0.25, -0.2) is 0 Å². The first-order valence-corrected chi connectivity index (χ1v) is 7.05. The van der Waals surface area contributed by atoms with E-state index in [1.807, 2.05) is 42.5 Å². The molecule has 1 aliphatic rings. The van der Waals surface area contributed by atoms with Crippen LogP contribution in [0.1, 0.15) is 34.0 Å². The highest BCUT2D eigenvalue weighted by atomic mass is 16.1. The van der Waals surface area contributed by atoms with Gasteiger partial charge >= 0.3 is 0 Å². The summed E-state index contributed by atoms with van der Waals surface area (Å²) in [6.45, 7) is 3.40. The summed E-state index contributed by atoms with van der Waals surface area (Å²) in [5, 5.41) is 8.83. The maximum absolute atomic E-state index is 11.4. The highest BCUT2D eigenvalue weighted by Gasteiger charge is 2.19. The van der Waals surface area contributed by atoms with Crippen LogP contribution in [-0.4, -0.2) is 12.3 Å². The first-order valence-electron chi connectivity index (χ1n) is 7.05. The normalized spacial score (nSPS) is 12.9. The van der Waals surface area contributed by atoms with E-state index in [1.165, 1.54) is 16.8 Å². The molecule has 3 rings (SSSR count). The van der Waals surface area contributed by atoms with Crippen LogP contribution in [0.4, 0.5) is 5.69 Å². The van der Waals surface area contributed by atoms with Gasteiger partial charge in [0.05, 0.1) is 11.6 Å². The van der Waals surface area contributed by atoms with Crippen molar-refractivity contribution >= 4 is 11.5 Å². The molecule has 0 aromatic heterocycles. The number of rotatable bonds is 3. The van der Waals surface area contributed by atoms with Gasteiger partial charge in [0.25, 0.3) is 0 Å². The van der Waals surface area contributed by atoms with E-state index in [1.54, 1.807) is 6.92 Å². The van der Waals surface area contributed by atoms with Crippen LogP contribution in [0.15, 0.2) is 42.5 Å². The molecule has 0 atom stereocenters. The van der Waals surface area contributed by atoms with E-state index < -0.39 is 0 Å². The second-order valence-electron chi connectivity index (χ2n) is 5.38. The summed E-state index contributed by atoms with van der Waals surface area (Å²) in [4.78, 5) is 13.8. The minimum atomic E-state index is 0.114. The fraction of sp³-hybridized carbons (Fsp3) is 0.222. The van der Waals surface area contributed by atoms with E-state index in [2.05, 4.69) is 11.0 Å². The van der Waals surface area contributed by atoms with Crippen LogP contribution in [0, 0.1) is 11.3 Å². The van der Waals surface area contributed by atoms with Crippen molar-refractivity contribution in [2.45, 2.75) is 19.9 Å². The third-order valence-electron chi connectivity index (χ3n) is 3.93. The molecule has 0 saturated heterocycles. The van der Waals surface area contributed by atoms with Crippen molar-refractivity contribution in [1.29, 1.82) is 5.26 Å². The molecule has 104 valence electrons. The molecule has 21 heavy (non-hydrogen) atoms. The minimum absolute atomic E-state index is 0.114. The summed E-state index contributed by atoms with van der Waals surface area (Å²) in [7, 11) is 0. The Kier molecular flexibility index (Phi) is 3.45. The van der Waals surface area contributed by atoms with Gasteiger partial charge in [0.15, 0.2) is 5.78 Å². The van der Waals surface area contributed by atoms with Gasteiger partial charge in [-0.3, -0.25) is 4.79 Å². The van der Waals surface area contributed by atoms with Gasteiger partial charge in [-0.1, -0.05) is 12.1 Å². The lowest BCUT2D eigenvalue weighted by Gasteiger charge is -2.19. The Bertz CT molecular complexity index is 726. The van der Waals surface area contributed by atoms with Crippen LogP contribution in [-0.2, 0) is 13.0 Å². The highest BCUT2D eigenvalue weighted by Crippen LogP contribution is 2.30. The molecule has 0 N–H and O–H groups in total. The van der Waals surface area contributed by atoms with E-state index in [-0.39, 0.29) is 5.78 Å². The fourth-order valence-corrected chi connectivity index (χ4v) is 2.76. The first-order chi connectivity index (χ1) is 10.2. The molecule has 2 aromatic rings. The van der Waals surface area contributed by atoms with Crippen LogP contribution in [0.3, 0.4) is 0 Å². The number of hydrogen-bond acceptors (Lipinski definition) is 3. The maximum Gasteiger partial charge on any atom is 0.159 e. The molecular weight excluding hydrogens is 260 g/mol. The Balaban J connectivity index is 1.81. The molecule has 0 fully saturated rings. The molecule has 0 saturated carbocycles. The largest absolute Gasteiger partial charge is 0.367 e. The standard InChI is InChI=1S/C18H16N2O/c1-13(21)16-6-7-18-17(10-16)8-9-20(18)12-15-4-2-14(11-19)3-5-15/h2-7,10H,8-9,12H2,1H3. The average molecular weight is 276 g/mol. The molecule has 2 aromatic carbocycles. The number of nitrogens with zero attached hydrogens (tertiary/aromatic N) is 2. The second-order valence-corrected chi connectivity index (χ2v) is 5.38. The van der Waals surface area contributed by atoms with Crippen LogP contribution in [0.25, 0.3) is 0 Å². The number of benzene rings is 2. The summed E-state index contributed by atoms with van der Waals surface area (Å²) in [5.74, 6) is 0.114. The Morgan fingerprint density at radius 3 is 2.67 bits per heavy atom. The molecule has 0 aliphatic carbocycles. The number of Topliss-reactive ketones (excluding diaryl/α,β-unsaturated/α-hetero) is 1. The number of anilines is 1. The quantitative estimate of drug-likeness (QED) is 0.808. The van der Waals surface area contributed by atoms with Crippen molar-refractivity contribution in [2.75, 3.05) is 11.4 Å². The van der Waals surface area contributed by atoms with Gasteiger partial charge in [0.1, 0.15) is 0 Å². The van der Waals surface area contributed by atoms with Gasteiger partial charge in [-0.2, -0.15) is 5.26 Å². The lowest BCUT2D eigenvalue weighted by molar-refractivity contribution is 0.101. The van der Waals surface area contributed by atoms with Crippen LogP contribution in [0.5, 0.6) is 0 Å². The van der Waals surface area contributed by atoms with Gasteiger partial charge in [-0.15, -0.1) is 0 Å². The van der Waals surface area contributed by atoms with Crippen molar-refractivity contribution in [3.8, 4) is 6.07 Å². The Morgan fingerprint density at radius 1 is 1.24 bits per heavy atom. The zero-order valence-corrected chi connectivity index (χ0v) is 12.0. The van der Waals surface area contributed by atoms with Gasteiger partial charge in [-0.05, 0) is 54.8 Å². The van der Waals surface area contributed by atoms with Crippen molar-refractivity contribution in [1.82, 2.24) is 0 Å². The topological polar surface area (TPSA) is 44.1 Å². The molecule has 0 unspecified atom stereocenters. The fourth-order valence-electron chi connectivity index (χ4n) is 2.76. The van der Waals surface area contributed by atoms with Crippen LogP contribution in [0.2, 0.25) is 0 Å². The van der Waals surface area contributed by atoms with E-state index in [0.717, 1.165) is 25.1 Å². The lowest BCUT2D eigenvalue weighted by Crippen LogP contribution is -2.19. The Labute approximate surface area is 124 Å². The Morgan fingerprint density at radius 2 is 2.00 bits per heavy atom. The van der Waals surface area contributed by atoms with Crippen molar-refractivity contribution in [2.24, 2.45) is 0 Å². The summed E-state index contributed by atoms with van der Waals surface area (Å²) < 4.78 is 0. The number of fused-ring (bicyclic) bond motifs is 1. The van der Waals surface area contributed by atoms with Crippen molar-refractivity contribution < 1.29 is 4.79 Å². The zero-order chi connectivity index (χ0) is 14.8. The molecule has 3 heteroatoms. The van der Waals surface area contributed by atoms with Crippen LogP contribution < -0.4 is 4.90 Å². The monoisotopic (exact) mass is 276 g/mol. The molecule has 1 heterocycles. The number of carbonyl (C=O) groups is 1. The van der Waals surface area contributed by atoms with Gasteiger partial charge < -0.3 is 4.90 Å². The Hall–Kier alpha value is -2.60. The van der Waals surface area contributed by atoms with Gasteiger partial charge in [0.2, 0.25) is 0 Å². The SMILES string of the molecule is CC(=O)c1ccc2c(c1)CCN2Cc1ccc(C#N)cc1. The maximum atomic E-state index is 11.4. The van der Waals surface area contributed by atoms with Gasteiger partial charge in [0, 0.05) is 24.3 Å². The average Bonchev–Trinajstić information content (AvgIpc) is 2.90. The summed E-state index contributed by atoms with van der Waals surface area (Å²) in [6.07, 6.45) is 0.979. The predicted octanol–water partition coefficient (Wildman–Crippen LogP) is 3.32. The molecule has 3 nitrogen and oxygen atoms in total. The van der Waals surface area contributed by atoms with E-state index >= 15 is 0 Å². The lowest BCUT2D eigenvalue weighted by atomic mass is 10.1. The molecule has 0 bridgehead atoms. The van der Waals surface area contributed by atoms with Crippen molar-refractivity contribution in [3.05, 3.63) is 64.7 Å². The minimum Gasteiger partial charge on any atom is -0.367 e. The molecule has 1 aliphatic heterocycles. The molecule has 0 radical (unpaired) electrons. The highest BCUT2D eigenvalue weighted by molar-refractivity contribution is 5.94. The van der Waals surface area contributed by atoms with E-state index in [4.69, 9.17) is 5.26 Å². The summed E-state index contributed by atoms with van der Waals surface area (Å²) >= 11 is 0. The van der Waals surface area contributed by atoms with Crippen molar-refractivity contribution in [3.63, 3.8) is 0 Å². The molecule has 0 spiro atoms. The third kappa shape index (κ3) is 2.66. The summed E-state index contributed by atoms with van der Waals surface area (Å²) in [5.41, 5.74) is 5.12.